The van der Waals surface area contributed by atoms with Crippen LogP contribution in [0.15, 0.2) is 83.4 Å². The van der Waals surface area contributed by atoms with E-state index in [-0.39, 0.29) is 29.4 Å². The lowest BCUT2D eigenvalue weighted by Gasteiger charge is -2.13. The molecule has 13 nitrogen and oxygen atoms in total. The van der Waals surface area contributed by atoms with Crippen LogP contribution in [0.25, 0.3) is 16.6 Å². The van der Waals surface area contributed by atoms with Gasteiger partial charge in [0, 0.05) is 31.4 Å². The Kier molecular flexibility index (Phi) is 9.59. The molecular formula is C31H30N10O3. The Bertz CT molecular complexity index is 2010. The number of primary amides is 1. The number of nitrogen functional groups attached to an aromatic ring is 1. The molecule has 0 atom stereocenters. The van der Waals surface area contributed by atoms with Crippen molar-refractivity contribution < 1.29 is 9.59 Å². The number of carbonyl (C=O) groups is 2. The molecule has 0 aliphatic rings. The normalized spacial score (nSPS) is 10.6. The van der Waals surface area contributed by atoms with E-state index in [1.807, 2.05) is 49.4 Å². The molecule has 0 fully saturated rings. The highest BCUT2D eigenvalue weighted by Crippen LogP contribution is 2.23. The van der Waals surface area contributed by atoms with Gasteiger partial charge in [-0.15, -0.1) is 0 Å². The molecule has 3 heterocycles. The maximum absolute atomic E-state index is 13.5. The van der Waals surface area contributed by atoms with Crippen LogP contribution in [0.2, 0.25) is 0 Å². The fourth-order valence-electron chi connectivity index (χ4n) is 4.26. The van der Waals surface area contributed by atoms with Crippen LogP contribution in [0.3, 0.4) is 0 Å². The molecule has 0 aliphatic heterocycles. The average molecular weight is 591 g/mol. The largest absolute Gasteiger partial charge is 0.381 e. The zero-order valence-corrected chi connectivity index (χ0v) is 24.1. The minimum Gasteiger partial charge on any atom is -0.381 e. The smallest absolute Gasteiger partial charge is 0.267 e. The van der Waals surface area contributed by atoms with Gasteiger partial charge in [-0.2, -0.15) is 10.2 Å². The van der Waals surface area contributed by atoms with E-state index in [2.05, 4.69) is 33.6 Å². The summed E-state index contributed by atoms with van der Waals surface area (Å²) in [5, 5.41) is 8.25. The fraction of sp³-hybridized carbons (Fsp3) is 0.129. The van der Waals surface area contributed by atoms with Gasteiger partial charge in [0.05, 0.1) is 34.9 Å². The van der Waals surface area contributed by atoms with Crippen LogP contribution in [-0.4, -0.2) is 53.7 Å². The number of rotatable bonds is 6. The molecule has 5 rings (SSSR count). The van der Waals surface area contributed by atoms with E-state index in [9.17, 15) is 14.4 Å². The van der Waals surface area contributed by atoms with Gasteiger partial charge in [-0.1, -0.05) is 55.7 Å². The molecular weight excluding hydrogens is 560 g/mol. The Morgan fingerprint density at radius 2 is 1.86 bits per heavy atom. The van der Waals surface area contributed by atoms with E-state index in [1.165, 1.54) is 29.4 Å². The number of para-hydroxylation sites is 1. The van der Waals surface area contributed by atoms with E-state index in [0.29, 0.717) is 40.1 Å². The van der Waals surface area contributed by atoms with Crippen LogP contribution >= 0.6 is 0 Å². The van der Waals surface area contributed by atoms with Crippen LogP contribution in [-0.2, 0) is 13.5 Å². The van der Waals surface area contributed by atoms with Crippen LogP contribution in [0.5, 0.6) is 0 Å². The molecule has 44 heavy (non-hydrogen) atoms. The Labute approximate surface area is 252 Å². The van der Waals surface area contributed by atoms with Gasteiger partial charge in [0.2, 0.25) is 0 Å². The highest BCUT2D eigenvalue weighted by atomic mass is 16.2. The first-order valence-corrected chi connectivity index (χ1v) is 13.4. The molecule has 222 valence electrons. The Hall–Kier alpha value is -6.13. The summed E-state index contributed by atoms with van der Waals surface area (Å²) in [6, 6.07) is 14.9. The summed E-state index contributed by atoms with van der Waals surface area (Å²) in [7, 11) is 1.62. The Morgan fingerprint density at radius 1 is 1.11 bits per heavy atom. The van der Waals surface area contributed by atoms with Crippen molar-refractivity contribution in [1.82, 2.24) is 29.1 Å². The van der Waals surface area contributed by atoms with Crippen molar-refractivity contribution in [3.63, 3.8) is 0 Å². The van der Waals surface area contributed by atoms with Gasteiger partial charge in [-0.05, 0) is 24.3 Å². The number of hydrogen-bond acceptors (Lipinski definition) is 9. The number of benzene rings is 2. The number of allylic oxidation sites excluding steroid dienone is 1. The van der Waals surface area contributed by atoms with Crippen LogP contribution < -0.4 is 22.8 Å². The first-order valence-electron chi connectivity index (χ1n) is 13.4. The summed E-state index contributed by atoms with van der Waals surface area (Å²) in [5.74, 6) is 6.12. The predicted molar refractivity (Wildman–Crippen MR) is 169 cm³/mol. The molecule has 13 heteroatoms. The molecule has 0 spiro atoms. The number of anilines is 1. The third-order valence-corrected chi connectivity index (χ3v) is 6.24. The van der Waals surface area contributed by atoms with Crippen molar-refractivity contribution in [1.29, 1.82) is 0 Å². The van der Waals surface area contributed by atoms with Crippen molar-refractivity contribution in [2.24, 2.45) is 23.5 Å². The van der Waals surface area contributed by atoms with Gasteiger partial charge in [0.15, 0.2) is 11.6 Å². The number of aryl methyl sites for hydroxylation is 2. The zero-order valence-electron chi connectivity index (χ0n) is 24.1. The quantitative estimate of drug-likeness (QED) is 0.197. The number of hydrogen-bond donors (Lipinski definition) is 3. The summed E-state index contributed by atoms with van der Waals surface area (Å²) in [6.45, 7) is 5.29. The Balaban J connectivity index is 0.000000265. The molecule has 2 aromatic carbocycles. The lowest BCUT2D eigenvalue weighted by Crippen LogP contribution is -2.24. The summed E-state index contributed by atoms with van der Waals surface area (Å²) in [5.41, 5.74) is 18.4. The zero-order chi connectivity index (χ0) is 31.8. The molecule has 1 amide bonds. The van der Waals surface area contributed by atoms with Crippen molar-refractivity contribution >= 4 is 40.6 Å². The van der Waals surface area contributed by atoms with E-state index in [4.69, 9.17) is 22.2 Å². The molecule has 6 N–H and O–H groups in total. The van der Waals surface area contributed by atoms with Crippen LogP contribution in [0.1, 0.15) is 39.0 Å². The fourth-order valence-corrected chi connectivity index (χ4v) is 4.26. The summed E-state index contributed by atoms with van der Waals surface area (Å²) in [4.78, 5) is 44.7. The second-order valence-electron chi connectivity index (χ2n) is 9.16. The molecule has 0 saturated carbocycles. The highest BCUT2D eigenvalue weighted by molar-refractivity contribution is 6.02. The molecule has 0 aliphatic carbocycles. The molecule has 3 aromatic heterocycles. The van der Waals surface area contributed by atoms with Crippen molar-refractivity contribution in [3.8, 4) is 17.5 Å². The molecule has 0 saturated heterocycles. The average Bonchev–Trinajstić information content (AvgIpc) is 3.62. The number of fused-ring (bicyclic) bond motifs is 1. The predicted octanol–water partition coefficient (Wildman–Crippen LogP) is 2.13. The maximum atomic E-state index is 13.5. The lowest BCUT2D eigenvalue weighted by atomic mass is 10.1. The number of nitrogens with two attached hydrogens (primary N) is 3. The molecule has 0 bridgehead atoms. The molecule has 5 aromatic rings. The lowest BCUT2D eigenvalue weighted by molar-refractivity contribution is 0.0907. The van der Waals surface area contributed by atoms with Crippen LogP contribution in [0.4, 0.5) is 11.6 Å². The monoisotopic (exact) mass is 590 g/mol. The van der Waals surface area contributed by atoms with Crippen molar-refractivity contribution in [2.75, 3.05) is 12.3 Å². The summed E-state index contributed by atoms with van der Waals surface area (Å²) >= 11 is 0. The molecule has 0 unspecified atom stereocenters. The number of nitrogens with zero attached hydrogens (tertiary/aromatic N) is 7. The number of carbonyl (C=O) groups excluding carboxylic acids is 2. The summed E-state index contributed by atoms with van der Waals surface area (Å²) in [6.07, 6.45) is 6.53. The van der Waals surface area contributed by atoms with E-state index >= 15 is 0 Å². The van der Waals surface area contributed by atoms with E-state index in [1.54, 1.807) is 17.7 Å². The standard InChI is InChI=1S/C23H19N5O2.C8H11N5O/c1-2-20-26-19-10-6-7-17(12-11-16-14-25-27(15-16)21(29)13-24)22(19)23(30)28(20)18-8-4-3-5-9-18;1-3-4-11-8-5(7(10)14)6(9)12-13(8)2/h3-10,14-15H,2,13,24H2,1H3;3-4H,1H2,2H3,(H2,9,12)(H2,10,14)/b;11-4-. The van der Waals surface area contributed by atoms with Gasteiger partial charge < -0.3 is 17.2 Å². The third-order valence-electron chi connectivity index (χ3n) is 6.24. The van der Waals surface area contributed by atoms with Gasteiger partial charge in [-0.3, -0.25) is 19.0 Å². The summed E-state index contributed by atoms with van der Waals surface area (Å²) < 4.78 is 4.17. The maximum Gasteiger partial charge on any atom is 0.267 e. The minimum atomic E-state index is -0.646. The van der Waals surface area contributed by atoms with Gasteiger partial charge in [0.25, 0.3) is 17.4 Å². The first-order chi connectivity index (χ1) is 21.2. The third kappa shape index (κ3) is 6.51. The molecule has 0 radical (unpaired) electrons. The van der Waals surface area contributed by atoms with Crippen molar-refractivity contribution in [3.05, 3.63) is 106 Å². The second-order valence-corrected chi connectivity index (χ2v) is 9.16. The number of amides is 1. The van der Waals surface area contributed by atoms with Crippen molar-refractivity contribution in [2.45, 2.75) is 13.3 Å². The topological polar surface area (TPSA) is 195 Å². The van der Waals surface area contributed by atoms with Crippen LogP contribution in [0, 0.1) is 11.8 Å². The first kappa shape index (κ1) is 30.8. The van der Waals surface area contributed by atoms with E-state index in [0.717, 1.165) is 10.4 Å². The Morgan fingerprint density at radius 3 is 2.52 bits per heavy atom. The second kappa shape index (κ2) is 13.7. The minimum absolute atomic E-state index is 0.0798. The van der Waals surface area contributed by atoms with E-state index < -0.39 is 5.91 Å². The van der Waals surface area contributed by atoms with Gasteiger partial charge in [-0.25, -0.2) is 19.3 Å². The number of aliphatic imine (C=N–C) groups is 1. The van der Waals surface area contributed by atoms with Gasteiger partial charge >= 0.3 is 0 Å². The highest BCUT2D eigenvalue weighted by Gasteiger charge is 2.18. The SMILES string of the molecule is C=C/C=N\c1c(C(N)=O)c(N)nn1C.CCc1nc2cccc(C#Cc3cnn(C(=O)CN)c3)c2c(=O)n1-c1ccccc1. The number of aromatic nitrogens is 6. The van der Waals surface area contributed by atoms with Gasteiger partial charge in [0.1, 0.15) is 11.4 Å².